The Morgan fingerprint density at radius 2 is 2.23 bits per heavy atom. The van der Waals surface area contributed by atoms with Crippen LogP contribution in [0.4, 0.5) is 5.69 Å². The Kier molecular flexibility index (Phi) is 3.27. The smallest absolute Gasteiger partial charge is 0.258 e. The maximum atomic E-state index is 10.6. The van der Waals surface area contributed by atoms with Crippen molar-refractivity contribution in [3.8, 4) is 0 Å². The number of halogens is 2. The Bertz CT molecular complexity index is 354. The average molecular weight is 265 g/mol. The van der Waals surface area contributed by atoms with Crippen LogP contribution < -0.4 is 0 Å². The van der Waals surface area contributed by atoms with Gasteiger partial charge in [0, 0.05) is 22.0 Å². The maximum Gasteiger partial charge on any atom is 0.273 e. The van der Waals surface area contributed by atoms with Gasteiger partial charge in [-0.2, -0.15) is 0 Å². The second kappa shape index (κ2) is 4.07. The molecule has 0 saturated heterocycles. The minimum absolute atomic E-state index is 0.102. The van der Waals surface area contributed by atoms with Crippen molar-refractivity contribution >= 4 is 33.2 Å². The number of benzene rings is 1. The molecule has 0 spiro atoms. The molecular formula is C8H7BrClNO2. The summed E-state index contributed by atoms with van der Waals surface area (Å²) in [6.07, 6.45) is 0. The van der Waals surface area contributed by atoms with Crippen LogP contribution in [-0.2, 0) is 5.88 Å². The Balaban J connectivity index is 3.33. The van der Waals surface area contributed by atoms with Gasteiger partial charge in [0.05, 0.1) is 4.92 Å². The molecule has 0 bridgehead atoms. The van der Waals surface area contributed by atoms with Crippen LogP contribution >= 0.6 is 27.5 Å². The van der Waals surface area contributed by atoms with E-state index < -0.39 is 4.92 Å². The van der Waals surface area contributed by atoms with Crippen molar-refractivity contribution in [3.63, 3.8) is 0 Å². The molecule has 0 radical (unpaired) electrons. The Morgan fingerprint density at radius 1 is 1.62 bits per heavy atom. The van der Waals surface area contributed by atoms with Crippen LogP contribution in [0.1, 0.15) is 11.1 Å². The van der Waals surface area contributed by atoms with E-state index >= 15 is 0 Å². The zero-order valence-corrected chi connectivity index (χ0v) is 9.22. The lowest BCUT2D eigenvalue weighted by Gasteiger charge is -2.02. The van der Waals surface area contributed by atoms with Gasteiger partial charge in [0.1, 0.15) is 0 Å². The lowest BCUT2D eigenvalue weighted by atomic mass is 10.1. The van der Waals surface area contributed by atoms with Crippen molar-refractivity contribution in [2.75, 3.05) is 0 Å². The summed E-state index contributed by atoms with van der Waals surface area (Å²) in [5.41, 5.74) is 1.47. The van der Waals surface area contributed by atoms with Crippen molar-refractivity contribution in [2.24, 2.45) is 0 Å². The first kappa shape index (κ1) is 10.5. The highest BCUT2D eigenvalue weighted by molar-refractivity contribution is 9.10. The molecule has 0 unspecified atom stereocenters. The van der Waals surface area contributed by atoms with Crippen molar-refractivity contribution in [2.45, 2.75) is 12.8 Å². The second-order valence-electron chi connectivity index (χ2n) is 2.61. The van der Waals surface area contributed by atoms with Crippen LogP contribution in [0, 0.1) is 17.0 Å². The zero-order chi connectivity index (χ0) is 10.0. The average Bonchev–Trinajstić information content (AvgIpc) is 2.09. The Morgan fingerprint density at radius 3 is 2.69 bits per heavy atom. The molecule has 3 nitrogen and oxygen atoms in total. The molecule has 0 amide bonds. The topological polar surface area (TPSA) is 43.1 Å². The standard InChI is InChI=1S/C8H7BrClNO2/c1-5-7(9)2-6(4-10)3-8(5)11(12)13/h2-3H,4H2,1H3. The van der Waals surface area contributed by atoms with Crippen LogP contribution in [0.15, 0.2) is 16.6 Å². The van der Waals surface area contributed by atoms with Crippen LogP contribution in [0.3, 0.4) is 0 Å². The highest BCUT2D eigenvalue weighted by Gasteiger charge is 2.14. The van der Waals surface area contributed by atoms with Crippen molar-refractivity contribution < 1.29 is 4.92 Å². The number of hydrogen-bond donors (Lipinski definition) is 0. The van der Waals surface area contributed by atoms with E-state index in [1.54, 1.807) is 13.0 Å². The number of nitro groups is 1. The van der Waals surface area contributed by atoms with Gasteiger partial charge in [-0.15, -0.1) is 11.6 Å². The predicted molar refractivity (Wildman–Crippen MR) is 55.1 cm³/mol. The van der Waals surface area contributed by atoms with Gasteiger partial charge in [0.25, 0.3) is 5.69 Å². The van der Waals surface area contributed by atoms with E-state index in [0.29, 0.717) is 5.56 Å². The zero-order valence-electron chi connectivity index (χ0n) is 6.88. The second-order valence-corrected chi connectivity index (χ2v) is 3.73. The first-order chi connectivity index (χ1) is 6.06. The van der Waals surface area contributed by atoms with Gasteiger partial charge in [0.2, 0.25) is 0 Å². The molecular weight excluding hydrogens is 257 g/mol. The summed E-state index contributed by atoms with van der Waals surface area (Å²) in [5, 5.41) is 10.6. The number of nitro benzene ring substituents is 1. The van der Waals surface area contributed by atoms with Gasteiger partial charge in [-0.1, -0.05) is 15.9 Å². The molecule has 1 rings (SSSR count). The fourth-order valence-corrected chi connectivity index (χ4v) is 1.64. The van der Waals surface area contributed by atoms with Gasteiger partial charge in [-0.3, -0.25) is 10.1 Å². The van der Waals surface area contributed by atoms with Gasteiger partial charge in [-0.05, 0) is 18.6 Å². The Labute approximate surface area is 89.0 Å². The first-order valence-electron chi connectivity index (χ1n) is 3.55. The summed E-state index contributed by atoms with van der Waals surface area (Å²) in [7, 11) is 0. The predicted octanol–water partition coefficient (Wildman–Crippen LogP) is 3.40. The molecule has 1 aromatic carbocycles. The molecule has 0 saturated carbocycles. The van der Waals surface area contributed by atoms with Gasteiger partial charge in [0.15, 0.2) is 0 Å². The molecule has 70 valence electrons. The van der Waals surface area contributed by atoms with Crippen LogP contribution in [0.25, 0.3) is 0 Å². The normalized spacial score (nSPS) is 10.1. The third-order valence-corrected chi connectivity index (χ3v) is 2.86. The molecule has 0 heterocycles. The molecule has 5 heteroatoms. The summed E-state index contributed by atoms with van der Waals surface area (Å²) in [4.78, 5) is 10.2. The van der Waals surface area contributed by atoms with Crippen LogP contribution in [0.5, 0.6) is 0 Å². The van der Waals surface area contributed by atoms with E-state index in [-0.39, 0.29) is 11.6 Å². The molecule has 0 aliphatic rings. The highest BCUT2D eigenvalue weighted by atomic mass is 79.9. The van der Waals surface area contributed by atoms with E-state index in [4.69, 9.17) is 11.6 Å². The fourth-order valence-electron chi connectivity index (χ4n) is 0.986. The summed E-state index contributed by atoms with van der Waals surface area (Å²) >= 11 is 8.83. The molecule has 0 N–H and O–H groups in total. The van der Waals surface area contributed by atoms with Crippen LogP contribution in [-0.4, -0.2) is 4.92 Å². The third kappa shape index (κ3) is 2.19. The SMILES string of the molecule is Cc1c(Br)cc(CCl)cc1[N+](=O)[O-]. The minimum atomic E-state index is -0.407. The van der Waals surface area contributed by atoms with Crippen molar-refractivity contribution in [1.82, 2.24) is 0 Å². The van der Waals surface area contributed by atoms with Crippen molar-refractivity contribution in [3.05, 3.63) is 37.8 Å². The summed E-state index contributed by atoms with van der Waals surface area (Å²) < 4.78 is 0.720. The highest BCUT2D eigenvalue weighted by Crippen LogP contribution is 2.28. The van der Waals surface area contributed by atoms with Crippen LogP contribution in [0.2, 0.25) is 0 Å². The van der Waals surface area contributed by atoms with Gasteiger partial charge in [-0.25, -0.2) is 0 Å². The molecule has 0 aromatic heterocycles. The summed E-state index contributed by atoms with van der Waals surface area (Å²) in [6, 6.07) is 3.28. The number of rotatable bonds is 2. The van der Waals surface area contributed by atoms with E-state index in [2.05, 4.69) is 15.9 Å². The number of nitrogens with zero attached hydrogens (tertiary/aromatic N) is 1. The molecule has 0 fully saturated rings. The van der Waals surface area contributed by atoms with E-state index in [1.807, 2.05) is 0 Å². The monoisotopic (exact) mass is 263 g/mol. The fraction of sp³-hybridized carbons (Fsp3) is 0.250. The van der Waals surface area contributed by atoms with E-state index in [1.165, 1.54) is 6.07 Å². The summed E-state index contributed by atoms with van der Waals surface area (Å²) in [6.45, 7) is 1.69. The number of hydrogen-bond acceptors (Lipinski definition) is 2. The Hall–Kier alpha value is -0.610. The quantitative estimate of drug-likeness (QED) is 0.467. The minimum Gasteiger partial charge on any atom is -0.258 e. The maximum absolute atomic E-state index is 10.6. The van der Waals surface area contributed by atoms with E-state index in [9.17, 15) is 10.1 Å². The third-order valence-electron chi connectivity index (χ3n) is 1.73. The van der Waals surface area contributed by atoms with E-state index in [0.717, 1.165) is 10.0 Å². The summed E-state index contributed by atoms with van der Waals surface area (Å²) in [5.74, 6) is 0.278. The number of alkyl halides is 1. The molecule has 1 aromatic rings. The van der Waals surface area contributed by atoms with Gasteiger partial charge >= 0.3 is 0 Å². The van der Waals surface area contributed by atoms with Crippen molar-refractivity contribution in [1.29, 1.82) is 0 Å². The first-order valence-corrected chi connectivity index (χ1v) is 4.88. The molecule has 0 atom stereocenters. The molecule has 0 aliphatic carbocycles. The van der Waals surface area contributed by atoms with Gasteiger partial charge < -0.3 is 0 Å². The lowest BCUT2D eigenvalue weighted by Crippen LogP contribution is -1.94. The molecule has 0 aliphatic heterocycles. The lowest BCUT2D eigenvalue weighted by molar-refractivity contribution is -0.385. The molecule has 13 heavy (non-hydrogen) atoms. The largest absolute Gasteiger partial charge is 0.273 e.